The Kier molecular flexibility index (Phi) is 4.32. The van der Waals surface area contributed by atoms with E-state index in [-0.39, 0.29) is 5.91 Å². The first kappa shape index (κ1) is 16.5. The SMILES string of the molecule is Cc1ccc(C(=O)Nc2ccc3c(c2)N(S(C)(=O)=O)CCC3)cc1. The quantitative estimate of drug-likeness (QED) is 0.931. The van der Waals surface area contributed by atoms with Gasteiger partial charge < -0.3 is 5.32 Å². The maximum absolute atomic E-state index is 12.3. The van der Waals surface area contributed by atoms with Crippen LogP contribution < -0.4 is 9.62 Å². The lowest BCUT2D eigenvalue weighted by atomic mass is 10.0. The summed E-state index contributed by atoms with van der Waals surface area (Å²) in [6, 6.07) is 12.7. The second kappa shape index (κ2) is 6.28. The number of nitrogens with one attached hydrogen (secondary N) is 1. The van der Waals surface area contributed by atoms with Crippen molar-refractivity contribution in [3.05, 3.63) is 59.2 Å². The summed E-state index contributed by atoms with van der Waals surface area (Å²) >= 11 is 0. The number of benzene rings is 2. The minimum absolute atomic E-state index is 0.211. The number of nitrogens with zero attached hydrogens (tertiary/aromatic N) is 1. The Morgan fingerprint density at radius 2 is 1.83 bits per heavy atom. The van der Waals surface area contributed by atoms with Crippen molar-refractivity contribution in [2.75, 3.05) is 22.4 Å². The first-order valence-electron chi connectivity index (χ1n) is 7.83. The van der Waals surface area contributed by atoms with Crippen LogP contribution in [0.5, 0.6) is 0 Å². The summed E-state index contributed by atoms with van der Waals surface area (Å²) in [6.07, 6.45) is 2.85. The van der Waals surface area contributed by atoms with Gasteiger partial charge in [-0.25, -0.2) is 8.42 Å². The Morgan fingerprint density at radius 1 is 1.12 bits per heavy atom. The molecule has 1 aliphatic heterocycles. The van der Waals surface area contributed by atoms with E-state index in [1.807, 2.05) is 31.2 Å². The van der Waals surface area contributed by atoms with Crippen molar-refractivity contribution in [2.24, 2.45) is 0 Å². The number of rotatable bonds is 3. The molecule has 1 amide bonds. The predicted octanol–water partition coefficient (Wildman–Crippen LogP) is 2.96. The molecule has 2 aromatic rings. The van der Waals surface area contributed by atoms with E-state index in [1.54, 1.807) is 18.2 Å². The maximum atomic E-state index is 12.3. The lowest BCUT2D eigenvalue weighted by molar-refractivity contribution is 0.102. The number of hydrogen-bond acceptors (Lipinski definition) is 3. The third-order valence-electron chi connectivity index (χ3n) is 4.13. The topological polar surface area (TPSA) is 66.5 Å². The van der Waals surface area contributed by atoms with Crippen LogP contribution in [-0.2, 0) is 16.4 Å². The number of carbonyl (C=O) groups is 1. The molecule has 1 aliphatic rings. The van der Waals surface area contributed by atoms with Crippen LogP contribution in [0.1, 0.15) is 27.9 Å². The minimum Gasteiger partial charge on any atom is -0.322 e. The summed E-state index contributed by atoms with van der Waals surface area (Å²) < 4.78 is 25.4. The van der Waals surface area contributed by atoms with E-state index in [0.29, 0.717) is 23.5 Å². The van der Waals surface area contributed by atoms with Gasteiger partial charge in [0.25, 0.3) is 5.91 Å². The highest BCUT2D eigenvalue weighted by Gasteiger charge is 2.24. The van der Waals surface area contributed by atoms with Crippen molar-refractivity contribution in [1.29, 1.82) is 0 Å². The highest BCUT2D eigenvalue weighted by Crippen LogP contribution is 2.31. The first-order valence-corrected chi connectivity index (χ1v) is 9.68. The monoisotopic (exact) mass is 344 g/mol. The molecule has 0 saturated carbocycles. The van der Waals surface area contributed by atoms with Gasteiger partial charge in [0.05, 0.1) is 11.9 Å². The summed E-state index contributed by atoms with van der Waals surface area (Å²) in [5.41, 5.74) is 3.89. The molecule has 0 atom stereocenters. The number of sulfonamides is 1. The molecule has 0 aliphatic carbocycles. The zero-order valence-corrected chi connectivity index (χ0v) is 14.6. The second-order valence-corrected chi connectivity index (χ2v) is 8.01. The molecular weight excluding hydrogens is 324 g/mol. The molecule has 0 spiro atoms. The highest BCUT2D eigenvalue weighted by molar-refractivity contribution is 7.92. The molecule has 1 N–H and O–H groups in total. The summed E-state index contributed by atoms with van der Waals surface area (Å²) in [5.74, 6) is -0.211. The standard InChI is InChI=1S/C18H20N2O3S/c1-13-5-7-15(8-6-13)18(21)19-16-10-9-14-4-3-11-20(17(14)12-16)24(2,22)23/h5-10,12H,3-4,11H2,1-2H3,(H,19,21). The molecule has 6 heteroatoms. The van der Waals surface area contributed by atoms with Gasteiger partial charge in [0.1, 0.15) is 0 Å². The fraction of sp³-hybridized carbons (Fsp3) is 0.278. The van der Waals surface area contributed by atoms with Gasteiger partial charge in [0, 0.05) is 17.8 Å². The zero-order valence-electron chi connectivity index (χ0n) is 13.7. The Bertz CT molecular complexity index is 874. The molecule has 5 nitrogen and oxygen atoms in total. The van der Waals surface area contributed by atoms with Crippen molar-refractivity contribution in [3.63, 3.8) is 0 Å². The van der Waals surface area contributed by atoms with Crippen LogP contribution in [0.2, 0.25) is 0 Å². The van der Waals surface area contributed by atoms with Crippen LogP contribution in [-0.4, -0.2) is 27.1 Å². The Morgan fingerprint density at radius 3 is 2.50 bits per heavy atom. The van der Waals surface area contributed by atoms with Gasteiger partial charge in [-0.15, -0.1) is 0 Å². The molecule has 0 unspecified atom stereocenters. The van der Waals surface area contributed by atoms with Crippen molar-refractivity contribution in [1.82, 2.24) is 0 Å². The van der Waals surface area contributed by atoms with Crippen LogP contribution in [0.15, 0.2) is 42.5 Å². The molecule has 1 heterocycles. The molecule has 0 aromatic heterocycles. The highest BCUT2D eigenvalue weighted by atomic mass is 32.2. The molecule has 2 aromatic carbocycles. The molecule has 126 valence electrons. The zero-order chi connectivity index (χ0) is 17.3. The van der Waals surface area contributed by atoms with Gasteiger partial charge in [0.15, 0.2) is 0 Å². The number of aryl methyl sites for hydroxylation is 2. The van der Waals surface area contributed by atoms with E-state index in [0.717, 1.165) is 24.0 Å². The molecular formula is C18H20N2O3S. The fourth-order valence-corrected chi connectivity index (χ4v) is 3.86. The predicted molar refractivity (Wildman–Crippen MR) is 96.1 cm³/mol. The van der Waals surface area contributed by atoms with Crippen LogP contribution >= 0.6 is 0 Å². The lowest BCUT2D eigenvalue weighted by Gasteiger charge is -2.29. The third kappa shape index (κ3) is 3.43. The number of hydrogen-bond donors (Lipinski definition) is 1. The van der Waals surface area contributed by atoms with Gasteiger partial charge in [-0.1, -0.05) is 23.8 Å². The van der Waals surface area contributed by atoms with Crippen molar-refractivity contribution in [3.8, 4) is 0 Å². The number of fused-ring (bicyclic) bond motifs is 1. The van der Waals surface area contributed by atoms with E-state index in [9.17, 15) is 13.2 Å². The van der Waals surface area contributed by atoms with E-state index < -0.39 is 10.0 Å². The number of anilines is 2. The Hall–Kier alpha value is -2.34. The molecule has 0 radical (unpaired) electrons. The average Bonchev–Trinajstić information content (AvgIpc) is 2.54. The fourth-order valence-electron chi connectivity index (χ4n) is 2.87. The summed E-state index contributed by atoms with van der Waals surface area (Å²) in [6.45, 7) is 2.44. The maximum Gasteiger partial charge on any atom is 0.255 e. The van der Waals surface area contributed by atoms with Gasteiger partial charge >= 0.3 is 0 Å². The molecule has 24 heavy (non-hydrogen) atoms. The summed E-state index contributed by atoms with van der Waals surface area (Å²) in [7, 11) is -3.32. The number of amides is 1. The van der Waals surface area contributed by atoms with E-state index >= 15 is 0 Å². The van der Waals surface area contributed by atoms with Gasteiger partial charge in [0.2, 0.25) is 10.0 Å². The minimum atomic E-state index is -3.32. The van der Waals surface area contributed by atoms with E-state index in [1.165, 1.54) is 10.6 Å². The summed E-state index contributed by atoms with van der Waals surface area (Å²) in [5, 5.41) is 2.84. The third-order valence-corrected chi connectivity index (χ3v) is 5.31. The van der Waals surface area contributed by atoms with Gasteiger partial charge in [-0.3, -0.25) is 9.10 Å². The molecule has 0 bridgehead atoms. The smallest absolute Gasteiger partial charge is 0.255 e. The largest absolute Gasteiger partial charge is 0.322 e. The van der Waals surface area contributed by atoms with Crippen molar-refractivity contribution in [2.45, 2.75) is 19.8 Å². The van der Waals surface area contributed by atoms with Gasteiger partial charge in [-0.2, -0.15) is 0 Å². The Balaban J connectivity index is 1.88. The summed E-state index contributed by atoms with van der Waals surface area (Å²) in [4.78, 5) is 12.3. The lowest BCUT2D eigenvalue weighted by Crippen LogP contribution is -2.34. The Labute approximate surface area is 142 Å². The average molecular weight is 344 g/mol. The van der Waals surface area contributed by atoms with Crippen LogP contribution in [0.4, 0.5) is 11.4 Å². The molecule has 0 saturated heterocycles. The molecule has 3 rings (SSSR count). The molecule has 0 fully saturated rings. The van der Waals surface area contributed by atoms with Crippen molar-refractivity contribution >= 4 is 27.3 Å². The number of carbonyl (C=O) groups excluding carboxylic acids is 1. The normalized spacial score (nSPS) is 14.2. The van der Waals surface area contributed by atoms with Gasteiger partial charge in [-0.05, 0) is 49.6 Å². The second-order valence-electron chi connectivity index (χ2n) is 6.10. The first-order chi connectivity index (χ1) is 11.3. The van der Waals surface area contributed by atoms with E-state index in [4.69, 9.17) is 0 Å². The van der Waals surface area contributed by atoms with Crippen LogP contribution in [0.3, 0.4) is 0 Å². The van der Waals surface area contributed by atoms with Crippen LogP contribution in [0.25, 0.3) is 0 Å². The van der Waals surface area contributed by atoms with Crippen molar-refractivity contribution < 1.29 is 13.2 Å². The van der Waals surface area contributed by atoms with E-state index in [2.05, 4.69) is 5.32 Å². The van der Waals surface area contributed by atoms with Crippen LogP contribution in [0, 0.1) is 6.92 Å².